The zero-order valence-corrected chi connectivity index (χ0v) is 12.1. The normalized spacial score (nSPS) is 18.1. The van der Waals surface area contributed by atoms with E-state index in [1.165, 1.54) is 12.1 Å². The van der Waals surface area contributed by atoms with E-state index in [2.05, 4.69) is 20.8 Å². The average Bonchev–Trinajstić information content (AvgIpc) is 2.29. The monoisotopic (exact) mass is 331 g/mol. The quantitative estimate of drug-likeness (QED) is 0.899. The number of carboxylic acids is 1. The molecule has 6 heteroatoms. The van der Waals surface area contributed by atoms with E-state index in [1.807, 2.05) is 6.92 Å². The van der Waals surface area contributed by atoms with Gasteiger partial charge in [-0.1, -0.05) is 15.9 Å². The lowest BCUT2D eigenvalue weighted by molar-refractivity contribution is -0.165. The minimum atomic E-state index is -0.965. The fourth-order valence-corrected chi connectivity index (χ4v) is 2.62. The second-order valence-corrected chi connectivity index (χ2v) is 5.87. The van der Waals surface area contributed by atoms with Crippen molar-refractivity contribution in [2.45, 2.75) is 19.1 Å². The standard InChI is InChI=1S/C13H15BrFNO3/c1-13(19-6-12(17)18)7-16(8-13)5-9-4-10(15)2-3-11(9)14/h2-4H,5-8H2,1H3,(H,17,18). The highest BCUT2D eigenvalue weighted by molar-refractivity contribution is 9.10. The number of likely N-dealkylation sites (tertiary alicyclic amines) is 1. The molecule has 1 fully saturated rings. The molecule has 1 aromatic rings. The van der Waals surface area contributed by atoms with Crippen LogP contribution in [0.2, 0.25) is 0 Å². The summed E-state index contributed by atoms with van der Waals surface area (Å²) < 4.78 is 19.3. The zero-order chi connectivity index (χ0) is 14.0. The molecule has 0 radical (unpaired) electrons. The second kappa shape index (κ2) is 5.56. The number of carbonyl (C=O) groups is 1. The van der Waals surface area contributed by atoms with Crippen LogP contribution >= 0.6 is 15.9 Å². The van der Waals surface area contributed by atoms with Gasteiger partial charge < -0.3 is 9.84 Å². The minimum absolute atomic E-state index is 0.261. The molecule has 1 heterocycles. The molecule has 4 nitrogen and oxygen atoms in total. The van der Waals surface area contributed by atoms with Crippen LogP contribution in [0, 0.1) is 5.82 Å². The third-order valence-corrected chi connectivity index (χ3v) is 3.84. The Morgan fingerprint density at radius 2 is 2.26 bits per heavy atom. The van der Waals surface area contributed by atoms with Gasteiger partial charge in [-0.3, -0.25) is 4.90 Å². The van der Waals surface area contributed by atoms with Crippen LogP contribution in [0.3, 0.4) is 0 Å². The fourth-order valence-electron chi connectivity index (χ4n) is 2.24. The highest BCUT2D eigenvalue weighted by atomic mass is 79.9. The molecule has 1 aliphatic rings. The summed E-state index contributed by atoms with van der Waals surface area (Å²) in [4.78, 5) is 12.5. The molecule has 2 rings (SSSR count). The summed E-state index contributed by atoms with van der Waals surface area (Å²) >= 11 is 3.39. The van der Waals surface area contributed by atoms with Crippen LogP contribution in [-0.2, 0) is 16.1 Å². The predicted molar refractivity (Wildman–Crippen MR) is 71.4 cm³/mol. The van der Waals surface area contributed by atoms with Crippen LogP contribution in [0.5, 0.6) is 0 Å². The third kappa shape index (κ3) is 3.75. The second-order valence-electron chi connectivity index (χ2n) is 5.01. The van der Waals surface area contributed by atoms with Crippen LogP contribution < -0.4 is 0 Å². The number of benzene rings is 1. The largest absolute Gasteiger partial charge is 0.480 e. The van der Waals surface area contributed by atoms with Gasteiger partial charge in [0.05, 0.1) is 5.60 Å². The van der Waals surface area contributed by atoms with E-state index in [9.17, 15) is 9.18 Å². The van der Waals surface area contributed by atoms with E-state index in [1.54, 1.807) is 6.07 Å². The number of ether oxygens (including phenoxy) is 1. The molecule has 0 amide bonds. The summed E-state index contributed by atoms with van der Waals surface area (Å²) in [6.45, 7) is 3.50. The molecular weight excluding hydrogens is 317 g/mol. The fraction of sp³-hybridized carbons (Fsp3) is 0.462. The summed E-state index contributed by atoms with van der Waals surface area (Å²) in [6, 6.07) is 4.59. The molecule has 0 unspecified atom stereocenters. The first-order valence-corrected chi connectivity index (χ1v) is 6.69. The molecule has 104 valence electrons. The Labute approximate surface area is 119 Å². The Hall–Kier alpha value is -0.980. The molecular formula is C13H15BrFNO3. The molecule has 19 heavy (non-hydrogen) atoms. The Morgan fingerprint density at radius 1 is 1.58 bits per heavy atom. The maximum atomic E-state index is 13.2. The van der Waals surface area contributed by atoms with Gasteiger partial charge in [0.1, 0.15) is 12.4 Å². The van der Waals surface area contributed by atoms with Crippen molar-refractivity contribution in [1.82, 2.24) is 4.90 Å². The Bertz CT molecular complexity index is 489. The summed E-state index contributed by atoms with van der Waals surface area (Å²) in [7, 11) is 0. The van der Waals surface area contributed by atoms with Crippen LogP contribution in [0.25, 0.3) is 0 Å². The van der Waals surface area contributed by atoms with Crippen molar-refractivity contribution in [3.05, 3.63) is 34.1 Å². The first kappa shape index (κ1) is 14.4. The van der Waals surface area contributed by atoms with Crippen molar-refractivity contribution in [3.8, 4) is 0 Å². The van der Waals surface area contributed by atoms with Crippen molar-refractivity contribution < 1.29 is 19.0 Å². The summed E-state index contributed by atoms with van der Waals surface area (Å²) in [5.41, 5.74) is 0.457. The molecule has 0 atom stereocenters. The maximum absolute atomic E-state index is 13.2. The van der Waals surface area contributed by atoms with E-state index < -0.39 is 11.6 Å². The molecule has 0 saturated carbocycles. The number of aliphatic carboxylic acids is 1. The van der Waals surface area contributed by atoms with E-state index in [-0.39, 0.29) is 12.4 Å². The Morgan fingerprint density at radius 3 is 2.89 bits per heavy atom. The van der Waals surface area contributed by atoms with E-state index in [0.29, 0.717) is 19.6 Å². The number of nitrogens with zero attached hydrogens (tertiary/aromatic N) is 1. The van der Waals surface area contributed by atoms with Gasteiger partial charge in [-0.05, 0) is 30.7 Å². The first-order valence-electron chi connectivity index (χ1n) is 5.90. The maximum Gasteiger partial charge on any atom is 0.329 e. The lowest BCUT2D eigenvalue weighted by Gasteiger charge is -2.47. The van der Waals surface area contributed by atoms with Gasteiger partial charge in [0.25, 0.3) is 0 Å². The predicted octanol–water partition coefficient (Wildman–Crippen LogP) is 2.26. The van der Waals surface area contributed by atoms with Crippen LogP contribution in [-0.4, -0.2) is 41.3 Å². The van der Waals surface area contributed by atoms with Gasteiger partial charge in [0.2, 0.25) is 0 Å². The third-order valence-electron chi connectivity index (χ3n) is 3.06. The van der Waals surface area contributed by atoms with Crippen molar-refractivity contribution in [2.24, 2.45) is 0 Å². The Balaban J connectivity index is 1.87. The lowest BCUT2D eigenvalue weighted by atomic mass is 9.95. The molecule has 1 aliphatic heterocycles. The van der Waals surface area contributed by atoms with Crippen LogP contribution in [0.1, 0.15) is 12.5 Å². The molecule has 0 spiro atoms. The molecule has 1 saturated heterocycles. The van der Waals surface area contributed by atoms with Gasteiger partial charge >= 0.3 is 5.97 Å². The van der Waals surface area contributed by atoms with Crippen molar-refractivity contribution in [1.29, 1.82) is 0 Å². The molecule has 1 aromatic carbocycles. The zero-order valence-electron chi connectivity index (χ0n) is 10.5. The highest BCUT2D eigenvalue weighted by Gasteiger charge is 2.40. The summed E-state index contributed by atoms with van der Waals surface area (Å²) in [6.07, 6.45) is 0. The van der Waals surface area contributed by atoms with Crippen LogP contribution in [0.15, 0.2) is 22.7 Å². The number of halogens is 2. The number of rotatable bonds is 5. The van der Waals surface area contributed by atoms with Gasteiger partial charge in [-0.2, -0.15) is 0 Å². The smallest absolute Gasteiger partial charge is 0.329 e. The molecule has 0 aliphatic carbocycles. The Kier molecular flexibility index (Phi) is 4.23. The van der Waals surface area contributed by atoms with Gasteiger partial charge in [-0.15, -0.1) is 0 Å². The van der Waals surface area contributed by atoms with E-state index in [0.717, 1.165) is 10.0 Å². The van der Waals surface area contributed by atoms with Crippen molar-refractivity contribution >= 4 is 21.9 Å². The average molecular weight is 332 g/mol. The highest BCUT2D eigenvalue weighted by Crippen LogP contribution is 2.28. The SMILES string of the molecule is CC1(OCC(=O)O)CN(Cc2cc(F)ccc2Br)C1. The molecule has 0 aromatic heterocycles. The van der Waals surface area contributed by atoms with Crippen LogP contribution in [0.4, 0.5) is 4.39 Å². The molecule has 1 N–H and O–H groups in total. The number of carboxylic acid groups (broad SMARTS) is 1. The van der Waals surface area contributed by atoms with E-state index in [4.69, 9.17) is 9.84 Å². The van der Waals surface area contributed by atoms with Crippen molar-refractivity contribution in [3.63, 3.8) is 0 Å². The topological polar surface area (TPSA) is 49.8 Å². The van der Waals surface area contributed by atoms with Gasteiger partial charge in [-0.25, -0.2) is 9.18 Å². The summed E-state index contributed by atoms with van der Waals surface area (Å²) in [5.74, 6) is -1.23. The van der Waals surface area contributed by atoms with E-state index >= 15 is 0 Å². The van der Waals surface area contributed by atoms with Gasteiger partial charge in [0.15, 0.2) is 0 Å². The minimum Gasteiger partial charge on any atom is -0.480 e. The molecule has 0 bridgehead atoms. The van der Waals surface area contributed by atoms with Crippen molar-refractivity contribution in [2.75, 3.05) is 19.7 Å². The summed E-state index contributed by atoms with van der Waals surface area (Å²) in [5, 5.41) is 8.58. The first-order chi connectivity index (χ1) is 8.88. The lowest BCUT2D eigenvalue weighted by Crippen LogP contribution is -2.61. The number of hydrogen-bond donors (Lipinski definition) is 1. The number of hydrogen-bond acceptors (Lipinski definition) is 3. The van der Waals surface area contributed by atoms with Gasteiger partial charge in [0, 0.05) is 24.1 Å².